The monoisotopic (exact) mass is 266 g/mol. The molecule has 0 spiro atoms. The summed E-state index contributed by atoms with van der Waals surface area (Å²) in [6.45, 7) is 5.56. The molecule has 1 aromatic heterocycles. The molecular formula is C18H22N2. The summed E-state index contributed by atoms with van der Waals surface area (Å²) in [6, 6.07) is 12.9. The second-order valence-electron chi connectivity index (χ2n) is 5.69. The van der Waals surface area contributed by atoms with Gasteiger partial charge in [0.25, 0.3) is 0 Å². The lowest BCUT2D eigenvalue weighted by Crippen LogP contribution is -2.29. The van der Waals surface area contributed by atoms with E-state index in [-0.39, 0.29) is 0 Å². The molecule has 20 heavy (non-hydrogen) atoms. The Bertz CT molecular complexity index is 557. The maximum atomic E-state index is 4.62. The Hall–Kier alpha value is -1.67. The fourth-order valence-electron chi connectivity index (χ4n) is 2.93. The van der Waals surface area contributed by atoms with Crippen LogP contribution in [0.25, 0.3) is 11.1 Å². The Morgan fingerprint density at radius 3 is 2.55 bits per heavy atom. The Balaban J connectivity index is 1.83. The van der Waals surface area contributed by atoms with Gasteiger partial charge < -0.3 is 0 Å². The molecule has 2 aromatic rings. The van der Waals surface area contributed by atoms with Crippen LogP contribution in [0.15, 0.2) is 42.6 Å². The number of hydrogen-bond donors (Lipinski definition) is 0. The van der Waals surface area contributed by atoms with Gasteiger partial charge in [0.2, 0.25) is 0 Å². The smallest absolute Gasteiger partial charge is 0.0550 e. The van der Waals surface area contributed by atoms with Crippen molar-refractivity contribution < 1.29 is 0 Å². The van der Waals surface area contributed by atoms with Gasteiger partial charge in [-0.1, -0.05) is 36.8 Å². The number of hydrogen-bond acceptors (Lipinski definition) is 2. The molecule has 1 aromatic carbocycles. The zero-order valence-electron chi connectivity index (χ0n) is 12.2. The molecule has 3 rings (SSSR count). The van der Waals surface area contributed by atoms with Gasteiger partial charge in [-0.25, -0.2) is 0 Å². The third kappa shape index (κ3) is 3.07. The molecule has 1 aliphatic heterocycles. The van der Waals surface area contributed by atoms with E-state index in [0.29, 0.717) is 0 Å². The van der Waals surface area contributed by atoms with E-state index in [4.69, 9.17) is 0 Å². The summed E-state index contributed by atoms with van der Waals surface area (Å²) in [5.41, 5.74) is 5.04. The fraction of sp³-hybridized carbons (Fsp3) is 0.389. The Morgan fingerprint density at radius 1 is 1.05 bits per heavy atom. The first-order chi connectivity index (χ1) is 9.83. The molecule has 2 nitrogen and oxygen atoms in total. The normalized spacial score (nSPS) is 16.2. The second-order valence-corrected chi connectivity index (χ2v) is 5.69. The highest BCUT2D eigenvalue weighted by molar-refractivity contribution is 5.66. The molecule has 0 radical (unpaired) electrons. The molecule has 1 saturated heterocycles. The van der Waals surface area contributed by atoms with Gasteiger partial charge in [0.1, 0.15) is 0 Å². The van der Waals surface area contributed by atoms with E-state index in [2.05, 4.69) is 53.2 Å². The molecule has 0 bridgehead atoms. The Morgan fingerprint density at radius 2 is 1.80 bits per heavy atom. The van der Waals surface area contributed by atoms with Gasteiger partial charge in [-0.05, 0) is 55.6 Å². The lowest BCUT2D eigenvalue weighted by atomic mass is 10.0. The maximum Gasteiger partial charge on any atom is 0.0550 e. The molecule has 1 fully saturated rings. The summed E-state index contributed by atoms with van der Waals surface area (Å²) in [4.78, 5) is 7.14. The molecule has 0 saturated carbocycles. The van der Waals surface area contributed by atoms with E-state index in [1.807, 2.05) is 6.20 Å². The van der Waals surface area contributed by atoms with Gasteiger partial charge >= 0.3 is 0 Å². The molecule has 2 heterocycles. The van der Waals surface area contributed by atoms with Gasteiger partial charge in [0.15, 0.2) is 0 Å². The Labute approximate surface area is 121 Å². The fourth-order valence-corrected chi connectivity index (χ4v) is 2.93. The highest BCUT2D eigenvalue weighted by Crippen LogP contribution is 2.24. The molecule has 1 aliphatic rings. The standard InChI is InChI=1S/C18H22N2/c1-15-13-19-17(14-20-10-6-3-7-11-20)12-18(15)16-8-4-2-5-9-16/h2,4-5,8-9,12-13H,3,6-7,10-11,14H2,1H3. The molecular weight excluding hydrogens is 244 g/mol. The van der Waals surface area contributed by atoms with E-state index < -0.39 is 0 Å². The number of benzene rings is 1. The summed E-state index contributed by atoms with van der Waals surface area (Å²) < 4.78 is 0. The topological polar surface area (TPSA) is 16.1 Å². The van der Waals surface area contributed by atoms with Crippen molar-refractivity contribution in [2.75, 3.05) is 13.1 Å². The predicted molar refractivity (Wildman–Crippen MR) is 83.5 cm³/mol. The average Bonchev–Trinajstić information content (AvgIpc) is 2.51. The number of aromatic nitrogens is 1. The van der Waals surface area contributed by atoms with Crippen LogP contribution in [-0.2, 0) is 6.54 Å². The van der Waals surface area contributed by atoms with E-state index in [9.17, 15) is 0 Å². The lowest BCUT2D eigenvalue weighted by Gasteiger charge is -2.26. The van der Waals surface area contributed by atoms with Crippen LogP contribution >= 0.6 is 0 Å². The zero-order valence-corrected chi connectivity index (χ0v) is 12.2. The molecule has 0 atom stereocenters. The van der Waals surface area contributed by atoms with Crippen LogP contribution in [0.1, 0.15) is 30.5 Å². The number of rotatable bonds is 3. The number of piperidine rings is 1. The van der Waals surface area contributed by atoms with Crippen molar-refractivity contribution in [1.29, 1.82) is 0 Å². The van der Waals surface area contributed by atoms with Crippen LogP contribution in [0.2, 0.25) is 0 Å². The van der Waals surface area contributed by atoms with Crippen LogP contribution in [0.5, 0.6) is 0 Å². The quantitative estimate of drug-likeness (QED) is 0.833. The van der Waals surface area contributed by atoms with Crippen molar-refractivity contribution in [3.63, 3.8) is 0 Å². The molecule has 104 valence electrons. The first-order valence-electron chi connectivity index (χ1n) is 7.56. The SMILES string of the molecule is Cc1cnc(CN2CCCCC2)cc1-c1ccccc1. The summed E-state index contributed by atoms with van der Waals surface area (Å²) in [7, 11) is 0. The molecule has 0 amide bonds. The minimum atomic E-state index is 0.986. The van der Waals surface area contributed by atoms with Gasteiger partial charge in [0, 0.05) is 12.7 Å². The summed E-state index contributed by atoms with van der Waals surface area (Å²) >= 11 is 0. The van der Waals surface area contributed by atoms with Gasteiger partial charge in [-0.15, -0.1) is 0 Å². The number of pyridine rings is 1. The van der Waals surface area contributed by atoms with Crippen LogP contribution in [0.4, 0.5) is 0 Å². The van der Waals surface area contributed by atoms with Crippen LogP contribution in [-0.4, -0.2) is 23.0 Å². The highest BCUT2D eigenvalue weighted by atomic mass is 15.1. The minimum absolute atomic E-state index is 0.986. The van der Waals surface area contributed by atoms with Crippen molar-refractivity contribution in [2.45, 2.75) is 32.7 Å². The summed E-state index contributed by atoms with van der Waals surface area (Å²) in [5, 5.41) is 0. The van der Waals surface area contributed by atoms with Crippen molar-refractivity contribution in [2.24, 2.45) is 0 Å². The first kappa shape index (κ1) is 13.3. The summed E-state index contributed by atoms with van der Waals surface area (Å²) in [6.07, 6.45) is 6.06. The number of likely N-dealkylation sites (tertiary alicyclic amines) is 1. The molecule has 2 heteroatoms. The van der Waals surface area contributed by atoms with E-state index >= 15 is 0 Å². The molecule has 0 N–H and O–H groups in total. The van der Waals surface area contributed by atoms with Crippen molar-refractivity contribution in [1.82, 2.24) is 9.88 Å². The van der Waals surface area contributed by atoms with E-state index in [1.165, 1.54) is 54.7 Å². The predicted octanol–water partition coefficient (Wildman–Crippen LogP) is 4.04. The Kier molecular flexibility index (Phi) is 4.12. The van der Waals surface area contributed by atoms with Crippen molar-refractivity contribution in [3.05, 3.63) is 53.9 Å². The van der Waals surface area contributed by atoms with Gasteiger partial charge in [-0.2, -0.15) is 0 Å². The largest absolute Gasteiger partial charge is 0.298 e. The molecule has 0 unspecified atom stereocenters. The van der Waals surface area contributed by atoms with Crippen LogP contribution in [0.3, 0.4) is 0 Å². The third-order valence-electron chi connectivity index (χ3n) is 4.08. The zero-order chi connectivity index (χ0) is 13.8. The third-order valence-corrected chi connectivity index (χ3v) is 4.08. The molecule has 0 aliphatic carbocycles. The maximum absolute atomic E-state index is 4.62. The van der Waals surface area contributed by atoms with E-state index in [1.54, 1.807) is 0 Å². The van der Waals surface area contributed by atoms with Crippen LogP contribution < -0.4 is 0 Å². The summed E-state index contributed by atoms with van der Waals surface area (Å²) in [5.74, 6) is 0. The second kappa shape index (κ2) is 6.19. The number of aryl methyl sites for hydroxylation is 1. The lowest BCUT2D eigenvalue weighted by molar-refractivity contribution is 0.218. The van der Waals surface area contributed by atoms with Crippen LogP contribution in [0, 0.1) is 6.92 Å². The van der Waals surface area contributed by atoms with Gasteiger partial charge in [-0.3, -0.25) is 9.88 Å². The first-order valence-corrected chi connectivity index (χ1v) is 7.56. The average molecular weight is 266 g/mol. The van der Waals surface area contributed by atoms with Crippen molar-refractivity contribution >= 4 is 0 Å². The van der Waals surface area contributed by atoms with Crippen molar-refractivity contribution in [3.8, 4) is 11.1 Å². The number of nitrogens with zero attached hydrogens (tertiary/aromatic N) is 2. The minimum Gasteiger partial charge on any atom is -0.298 e. The highest BCUT2D eigenvalue weighted by Gasteiger charge is 2.12. The van der Waals surface area contributed by atoms with E-state index in [0.717, 1.165) is 6.54 Å². The van der Waals surface area contributed by atoms with Gasteiger partial charge in [0.05, 0.1) is 5.69 Å².